The number of hydrogen-bond acceptors (Lipinski definition) is 4. The number of sulfonamides is 1. The molecule has 0 unspecified atom stereocenters. The quantitative estimate of drug-likeness (QED) is 0.493. The van der Waals surface area contributed by atoms with Crippen molar-refractivity contribution in [1.29, 1.82) is 0 Å². The van der Waals surface area contributed by atoms with Crippen molar-refractivity contribution in [2.75, 3.05) is 18.0 Å². The van der Waals surface area contributed by atoms with Gasteiger partial charge in [0.25, 0.3) is 0 Å². The molecule has 0 saturated carbocycles. The van der Waals surface area contributed by atoms with Gasteiger partial charge >= 0.3 is 0 Å². The molecule has 34 heavy (non-hydrogen) atoms. The summed E-state index contributed by atoms with van der Waals surface area (Å²) in [5.74, 6) is -0.414. The summed E-state index contributed by atoms with van der Waals surface area (Å²) >= 11 is 0. The van der Waals surface area contributed by atoms with E-state index in [2.05, 4.69) is 9.62 Å². The number of benzene rings is 3. The Morgan fingerprint density at radius 2 is 1.71 bits per heavy atom. The lowest BCUT2D eigenvalue weighted by molar-refractivity contribution is 0.490. The van der Waals surface area contributed by atoms with Crippen molar-refractivity contribution in [1.82, 2.24) is 4.90 Å². The number of halogens is 3. The first kappa shape index (κ1) is 25.6. The molecule has 0 aliphatic carbocycles. The molecule has 0 fully saturated rings. The molecule has 1 N–H and O–H groups in total. The summed E-state index contributed by atoms with van der Waals surface area (Å²) in [5, 5.41) is 0. The number of aliphatic imine (C=N–C) groups is 1. The van der Waals surface area contributed by atoms with Crippen LogP contribution in [0, 0.1) is 11.6 Å². The predicted octanol–water partition coefficient (Wildman–Crippen LogP) is 5.32. The largest absolute Gasteiger partial charge is 0.359 e. The molecule has 1 aliphatic heterocycles. The van der Waals surface area contributed by atoms with E-state index in [0.717, 1.165) is 34.8 Å². The van der Waals surface area contributed by atoms with Gasteiger partial charge in [-0.25, -0.2) is 17.2 Å². The third-order valence-electron chi connectivity index (χ3n) is 5.63. The smallest absolute Gasteiger partial charge is 0.229 e. The highest BCUT2D eigenvalue weighted by atomic mass is 35.5. The summed E-state index contributed by atoms with van der Waals surface area (Å²) in [6, 6.07) is 18.0. The van der Waals surface area contributed by atoms with Gasteiger partial charge in [-0.2, -0.15) is 0 Å². The van der Waals surface area contributed by atoms with Crippen LogP contribution in [0.5, 0.6) is 0 Å². The Morgan fingerprint density at radius 1 is 1.00 bits per heavy atom. The van der Waals surface area contributed by atoms with E-state index in [1.165, 1.54) is 12.1 Å². The van der Waals surface area contributed by atoms with Gasteiger partial charge in [0.15, 0.2) is 0 Å². The van der Waals surface area contributed by atoms with Crippen LogP contribution in [-0.4, -0.2) is 32.5 Å². The number of nitrogens with one attached hydrogen (secondary N) is 1. The third-order valence-corrected chi connectivity index (χ3v) is 6.23. The zero-order valence-corrected chi connectivity index (χ0v) is 20.5. The van der Waals surface area contributed by atoms with E-state index in [0.29, 0.717) is 30.6 Å². The first-order valence-electron chi connectivity index (χ1n) is 10.6. The Balaban J connectivity index is 0.00000324. The summed E-state index contributed by atoms with van der Waals surface area (Å²) in [5.41, 5.74) is 3.82. The summed E-state index contributed by atoms with van der Waals surface area (Å²) in [4.78, 5) is 6.98. The van der Waals surface area contributed by atoms with Crippen molar-refractivity contribution >= 4 is 34.0 Å². The average molecular weight is 506 g/mol. The second-order valence-electron chi connectivity index (χ2n) is 8.24. The lowest BCUT2D eigenvalue weighted by Gasteiger charge is -2.20. The second kappa shape index (κ2) is 10.5. The summed E-state index contributed by atoms with van der Waals surface area (Å²) in [6.07, 6.45) is 2.40. The number of hydrogen-bond donors (Lipinski definition) is 1. The van der Waals surface area contributed by atoms with Crippen molar-refractivity contribution in [3.05, 3.63) is 101 Å². The topological polar surface area (TPSA) is 61.8 Å². The van der Waals surface area contributed by atoms with Crippen molar-refractivity contribution in [3.8, 4) is 0 Å². The van der Waals surface area contributed by atoms with Crippen LogP contribution >= 0.6 is 12.4 Å². The van der Waals surface area contributed by atoms with Crippen molar-refractivity contribution in [2.45, 2.75) is 25.4 Å². The average Bonchev–Trinajstić information content (AvgIpc) is 2.88. The standard InChI is InChI=1S/C25H25F2N3O2S.ClH/c1-30-16-18-5-3-4-6-21(18)25(22-13-10-19(26)15-23(22)27)28-24(30)14-9-17-7-11-20(12-8-17)29-33(2,31)32;/h3-8,10-13,15,25,29H,9,14,16H2,1-2H3;1H/t25-;/m0./s1. The normalized spacial score (nSPS) is 15.6. The molecule has 1 aliphatic rings. The molecule has 4 rings (SSSR count). The van der Waals surface area contributed by atoms with Crippen LogP contribution in [0.2, 0.25) is 0 Å². The Bertz CT molecular complexity index is 1300. The predicted molar refractivity (Wildman–Crippen MR) is 134 cm³/mol. The highest BCUT2D eigenvalue weighted by Gasteiger charge is 2.25. The number of anilines is 1. The molecule has 1 heterocycles. The van der Waals surface area contributed by atoms with Crippen molar-refractivity contribution in [2.24, 2.45) is 4.99 Å². The minimum atomic E-state index is -3.33. The van der Waals surface area contributed by atoms with E-state index in [1.54, 1.807) is 12.1 Å². The second-order valence-corrected chi connectivity index (χ2v) is 9.99. The first-order valence-corrected chi connectivity index (χ1v) is 12.5. The van der Waals surface area contributed by atoms with Gasteiger partial charge in [0.2, 0.25) is 10.0 Å². The van der Waals surface area contributed by atoms with E-state index in [9.17, 15) is 17.2 Å². The molecule has 3 aromatic rings. The fourth-order valence-corrected chi connectivity index (χ4v) is 4.60. The van der Waals surface area contributed by atoms with Gasteiger partial charge in [0, 0.05) is 37.3 Å². The molecular weight excluding hydrogens is 480 g/mol. The van der Waals surface area contributed by atoms with Crippen LogP contribution in [0.4, 0.5) is 14.5 Å². The zero-order valence-electron chi connectivity index (χ0n) is 18.8. The minimum absolute atomic E-state index is 0. The van der Waals surface area contributed by atoms with Crippen LogP contribution in [0.25, 0.3) is 0 Å². The molecule has 180 valence electrons. The van der Waals surface area contributed by atoms with Gasteiger partial charge in [-0.15, -0.1) is 12.4 Å². The molecule has 1 atom stereocenters. The number of amidine groups is 1. The number of aryl methyl sites for hydroxylation is 1. The molecule has 0 radical (unpaired) electrons. The molecule has 9 heteroatoms. The van der Waals surface area contributed by atoms with E-state index < -0.39 is 27.7 Å². The highest BCUT2D eigenvalue weighted by molar-refractivity contribution is 7.92. The summed E-state index contributed by atoms with van der Waals surface area (Å²) < 4.78 is 53.5. The molecule has 0 aromatic heterocycles. The summed E-state index contributed by atoms with van der Waals surface area (Å²) in [6.45, 7) is 0.630. The van der Waals surface area contributed by atoms with Crippen LogP contribution < -0.4 is 4.72 Å². The van der Waals surface area contributed by atoms with Gasteiger partial charge in [-0.1, -0.05) is 42.5 Å². The first-order chi connectivity index (χ1) is 15.7. The van der Waals surface area contributed by atoms with Gasteiger partial charge < -0.3 is 4.90 Å². The van der Waals surface area contributed by atoms with Crippen molar-refractivity contribution in [3.63, 3.8) is 0 Å². The third kappa shape index (κ3) is 6.12. The maximum absolute atomic E-state index is 14.7. The molecule has 0 saturated heterocycles. The Labute approximate surface area is 205 Å². The lowest BCUT2D eigenvalue weighted by atomic mass is 9.94. The maximum Gasteiger partial charge on any atom is 0.229 e. The van der Waals surface area contributed by atoms with E-state index in [4.69, 9.17) is 4.99 Å². The number of fused-ring (bicyclic) bond motifs is 1. The van der Waals surface area contributed by atoms with E-state index in [-0.39, 0.29) is 12.4 Å². The molecule has 3 aromatic carbocycles. The lowest BCUT2D eigenvalue weighted by Crippen LogP contribution is -2.26. The minimum Gasteiger partial charge on any atom is -0.359 e. The number of rotatable bonds is 6. The highest BCUT2D eigenvalue weighted by Crippen LogP contribution is 2.34. The van der Waals surface area contributed by atoms with Crippen LogP contribution in [0.1, 0.15) is 34.7 Å². The van der Waals surface area contributed by atoms with Crippen LogP contribution in [0.3, 0.4) is 0 Å². The van der Waals surface area contributed by atoms with Gasteiger partial charge in [0.05, 0.1) is 6.26 Å². The Hall–Kier alpha value is -2.97. The summed E-state index contributed by atoms with van der Waals surface area (Å²) in [7, 11) is -1.37. The Kier molecular flexibility index (Phi) is 7.94. The maximum atomic E-state index is 14.7. The molecule has 0 bridgehead atoms. The SMILES string of the molecule is CN1Cc2ccccc2[C@@H](c2ccc(F)cc2F)N=C1CCc1ccc(NS(C)(=O)=O)cc1.Cl. The molecule has 0 amide bonds. The van der Waals surface area contributed by atoms with Crippen LogP contribution in [0.15, 0.2) is 71.7 Å². The van der Waals surface area contributed by atoms with Crippen molar-refractivity contribution < 1.29 is 17.2 Å². The monoisotopic (exact) mass is 505 g/mol. The van der Waals surface area contributed by atoms with Gasteiger partial charge in [-0.05, 0) is 41.3 Å². The molecular formula is C25H26ClF2N3O2S. The number of nitrogens with zero attached hydrogens (tertiary/aromatic N) is 2. The zero-order chi connectivity index (χ0) is 23.6. The molecule has 5 nitrogen and oxygen atoms in total. The van der Waals surface area contributed by atoms with E-state index in [1.807, 2.05) is 43.4 Å². The fourth-order valence-electron chi connectivity index (χ4n) is 4.03. The van der Waals surface area contributed by atoms with Crippen LogP contribution in [-0.2, 0) is 23.0 Å². The van der Waals surface area contributed by atoms with E-state index >= 15 is 0 Å². The Morgan fingerprint density at radius 3 is 2.38 bits per heavy atom. The van der Waals surface area contributed by atoms with Gasteiger partial charge in [-0.3, -0.25) is 9.71 Å². The molecule has 0 spiro atoms. The van der Waals surface area contributed by atoms with Gasteiger partial charge in [0.1, 0.15) is 23.5 Å². The fraction of sp³-hybridized carbons (Fsp3) is 0.240.